The molecule has 30 heavy (non-hydrogen) atoms. The molecule has 0 saturated carbocycles. The molecule has 0 atom stereocenters. The van der Waals surface area contributed by atoms with E-state index in [1.807, 2.05) is 24.3 Å². The Kier molecular flexibility index (Phi) is 6.77. The van der Waals surface area contributed by atoms with Crippen molar-refractivity contribution < 1.29 is 0 Å². The molecule has 158 valence electrons. The number of pyridine rings is 2. The molecule has 0 spiro atoms. The zero-order valence-electron chi connectivity index (χ0n) is 16.7. The monoisotopic (exact) mass is 445 g/mol. The van der Waals surface area contributed by atoms with Crippen LogP contribution in [-0.2, 0) is 0 Å². The molecule has 1 aromatic carbocycles. The summed E-state index contributed by atoms with van der Waals surface area (Å²) < 4.78 is 0. The van der Waals surface area contributed by atoms with Crippen molar-refractivity contribution in [3.05, 3.63) is 63.0 Å². The Morgan fingerprint density at radius 1 is 1.07 bits per heavy atom. The number of hydrogen-bond donors (Lipinski definition) is 2. The number of unbranched alkanes of at least 4 members (excludes halogenated alkanes) is 1. The predicted octanol–water partition coefficient (Wildman–Crippen LogP) is 4.24. The Morgan fingerprint density at radius 3 is 2.73 bits per heavy atom. The Labute approximate surface area is 185 Å². The number of anilines is 2. The standard InChI is InChI=1S/C22H25Cl2N5O/c23-17-4-3-5-19(22(17)24)29-12-10-28(11-13-29)9-2-1-8-25-20-14-18-16(15-26-20)6-7-21(30)27-18/h3-7,14-15H,1-2,8-13H2,(H,25,26)(H,27,30). The summed E-state index contributed by atoms with van der Waals surface area (Å²) >= 11 is 12.5. The predicted molar refractivity (Wildman–Crippen MR) is 125 cm³/mol. The van der Waals surface area contributed by atoms with Crippen LogP contribution >= 0.6 is 23.2 Å². The van der Waals surface area contributed by atoms with Gasteiger partial charge in [0.2, 0.25) is 5.56 Å². The number of rotatable bonds is 7. The molecule has 1 fully saturated rings. The highest BCUT2D eigenvalue weighted by Crippen LogP contribution is 2.32. The number of fused-ring (bicyclic) bond motifs is 1. The minimum Gasteiger partial charge on any atom is -0.370 e. The highest BCUT2D eigenvalue weighted by atomic mass is 35.5. The van der Waals surface area contributed by atoms with E-state index in [1.165, 1.54) is 6.07 Å². The van der Waals surface area contributed by atoms with Gasteiger partial charge in [-0.3, -0.25) is 9.69 Å². The van der Waals surface area contributed by atoms with Gasteiger partial charge in [0, 0.05) is 56.4 Å². The molecule has 3 aromatic rings. The molecule has 2 aromatic heterocycles. The normalized spacial score (nSPS) is 14.9. The van der Waals surface area contributed by atoms with Crippen LogP contribution < -0.4 is 15.8 Å². The quantitative estimate of drug-likeness (QED) is 0.532. The van der Waals surface area contributed by atoms with Gasteiger partial charge in [-0.05, 0) is 37.6 Å². The number of piperazine rings is 1. The Hall–Kier alpha value is -2.28. The number of nitrogens with one attached hydrogen (secondary N) is 2. The second-order valence-electron chi connectivity index (χ2n) is 7.51. The third-order valence-corrected chi connectivity index (χ3v) is 6.27. The molecule has 0 amide bonds. The first-order valence-corrected chi connectivity index (χ1v) is 11.0. The van der Waals surface area contributed by atoms with E-state index in [4.69, 9.17) is 23.2 Å². The van der Waals surface area contributed by atoms with E-state index in [-0.39, 0.29) is 5.56 Å². The zero-order valence-corrected chi connectivity index (χ0v) is 18.2. The lowest BCUT2D eigenvalue weighted by atomic mass is 10.2. The van der Waals surface area contributed by atoms with E-state index in [0.29, 0.717) is 10.0 Å². The Balaban J connectivity index is 1.18. The van der Waals surface area contributed by atoms with Crippen LogP contribution in [0.5, 0.6) is 0 Å². The fourth-order valence-electron chi connectivity index (χ4n) is 3.77. The Bertz CT molecular complexity index is 1060. The third kappa shape index (κ3) is 5.06. The van der Waals surface area contributed by atoms with Crippen molar-refractivity contribution in [3.63, 3.8) is 0 Å². The van der Waals surface area contributed by atoms with Crippen LogP contribution in [0.2, 0.25) is 10.0 Å². The lowest BCUT2D eigenvalue weighted by Gasteiger charge is -2.36. The van der Waals surface area contributed by atoms with Gasteiger partial charge in [0.05, 0.1) is 21.2 Å². The third-order valence-electron chi connectivity index (χ3n) is 5.46. The van der Waals surface area contributed by atoms with Gasteiger partial charge in [0.1, 0.15) is 5.82 Å². The average Bonchev–Trinajstić information content (AvgIpc) is 2.76. The van der Waals surface area contributed by atoms with E-state index >= 15 is 0 Å². The minimum atomic E-state index is -0.0996. The SMILES string of the molecule is O=c1ccc2cnc(NCCCCN3CCN(c4cccc(Cl)c4Cl)CC3)cc2[nH]1. The zero-order chi connectivity index (χ0) is 20.9. The second kappa shape index (κ2) is 9.69. The molecule has 1 aliphatic rings. The number of nitrogens with zero attached hydrogens (tertiary/aromatic N) is 3. The van der Waals surface area contributed by atoms with Crippen LogP contribution in [0.25, 0.3) is 10.9 Å². The number of hydrogen-bond acceptors (Lipinski definition) is 5. The van der Waals surface area contributed by atoms with E-state index < -0.39 is 0 Å². The number of H-pyrrole nitrogens is 1. The summed E-state index contributed by atoms with van der Waals surface area (Å²) in [6, 6.07) is 11.0. The smallest absolute Gasteiger partial charge is 0.248 e. The molecule has 1 saturated heterocycles. The summed E-state index contributed by atoms with van der Waals surface area (Å²) in [4.78, 5) is 23.5. The van der Waals surface area contributed by atoms with Crippen LogP contribution in [0, 0.1) is 0 Å². The topological polar surface area (TPSA) is 64.3 Å². The van der Waals surface area contributed by atoms with Crippen LogP contribution in [0.15, 0.2) is 47.4 Å². The van der Waals surface area contributed by atoms with E-state index in [2.05, 4.69) is 25.1 Å². The number of halogens is 2. The van der Waals surface area contributed by atoms with Crippen LogP contribution in [-0.4, -0.2) is 54.1 Å². The van der Waals surface area contributed by atoms with E-state index in [0.717, 1.165) is 74.5 Å². The van der Waals surface area contributed by atoms with Gasteiger partial charge in [0.15, 0.2) is 0 Å². The molecule has 8 heteroatoms. The van der Waals surface area contributed by atoms with Gasteiger partial charge in [-0.25, -0.2) is 4.98 Å². The van der Waals surface area contributed by atoms with Crippen molar-refractivity contribution in [3.8, 4) is 0 Å². The van der Waals surface area contributed by atoms with Crippen molar-refractivity contribution in [1.29, 1.82) is 0 Å². The largest absolute Gasteiger partial charge is 0.370 e. The number of aromatic nitrogens is 2. The lowest BCUT2D eigenvalue weighted by Crippen LogP contribution is -2.46. The van der Waals surface area contributed by atoms with Crippen molar-refractivity contribution >= 4 is 45.6 Å². The summed E-state index contributed by atoms with van der Waals surface area (Å²) in [7, 11) is 0. The lowest BCUT2D eigenvalue weighted by molar-refractivity contribution is 0.254. The first-order valence-electron chi connectivity index (χ1n) is 10.2. The van der Waals surface area contributed by atoms with Gasteiger partial charge in [-0.15, -0.1) is 0 Å². The minimum absolute atomic E-state index is 0.0996. The van der Waals surface area contributed by atoms with Crippen molar-refractivity contribution in [2.24, 2.45) is 0 Å². The van der Waals surface area contributed by atoms with Gasteiger partial charge in [-0.1, -0.05) is 29.3 Å². The summed E-state index contributed by atoms with van der Waals surface area (Å²) in [5.74, 6) is 0.788. The molecule has 0 bridgehead atoms. The number of benzene rings is 1. The van der Waals surface area contributed by atoms with E-state index in [1.54, 1.807) is 12.3 Å². The molecule has 1 aliphatic heterocycles. The fourth-order valence-corrected chi connectivity index (χ4v) is 4.18. The average molecular weight is 446 g/mol. The van der Waals surface area contributed by atoms with Crippen molar-refractivity contribution in [2.45, 2.75) is 12.8 Å². The van der Waals surface area contributed by atoms with Crippen LogP contribution in [0.4, 0.5) is 11.5 Å². The maximum Gasteiger partial charge on any atom is 0.248 e. The highest BCUT2D eigenvalue weighted by Gasteiger charge is 2.19. The molecule has 0 radical (unpaired) electrons. The molecule has 4 rings (SSSR count). The van der Waals surface area contributed by atoms with Gasteiger partial charge in [-0.2, -0.15) is 0 Å². The molecular formula is C22H25Cl2N5O. The molecule has 6 nitrogen and oxygen atoms in total. The summed E-state index contributed by atoms with van der Waals surface area (Å²) in [6.07, 6.45) is 3.96. The molecular weight excluding hydrogens is 421 g/mol. The first kappa shape index (κ1) is 21.0. The summed E-state index contributed by atoms with van der Waals surface area (Å²) in [6.45, 7) is 5.89. The Morgan fingerprint density at radius 2 is 1.90 bits per heavy atom. The van der Waals surface area contributed by atoms with Crippen LogP contribution in [0.1, 0.15) is 12.8 Å². The van der Waals surface area contributed by atoms with Crippen molar-refractivity contribution in [1.82, 2.24) is 14.9 Å². The fraction of sp³-hybridized carbons (Fsp3) is 0.364. The summed E-state index contributed by atoms with van der Waals surface area (Å²) in [5.41, 5.74) is 1.73. The van der Waals surface area contributed by atoms with Gasteiger partial charge < -0.3 is 15.2 Å². The van der Waals surface area contributed by atoms with Gasteiger partial charge in [0.25, 0.3) is 0 Å². The highest BCUT2D eigenvalue weighted by molar-refractivity contribution is 6.43. The molecule has 3 heterocycles. The maximum atomic E-state index is 11.5. The second-order valence-corrected chi connectivity index (χ2v) is 8.30. The first-order chi connectivity index (χ1) is 14.6. The number of aromatic amines is 1. The van der Waals surface area contributed by atoms with E-state index in [9.17, 15) is 4.79 Å². The summed E-state index contributed by atoms with van der Waals surface area (Å²) in [5, 5.41) is 5.53. The molecule has 0 aliphatic carbocycles. The van der Waals surface area contributed by atoms with Gasteiger partial charge >= 0.3 is 0 Å². The van der Waals surface area contributed by atoms with Crippen molar-refractivity contribution in [2.75, 3.05) is 49.5 Å². The molecule has 0 unspecified atom stereocenters. The maximum absolute atomic E-state index is 11.5. The molecule has 2 N–H and O–H groups in total. The van der Waals surface area contributed by atoms with Crippen LogP contribution in [0.3, 0.4) is 0 Å².